The van der Waals surface area contributed by atoms with Crippen molar-refractivity contribution in [3.8, 4) is 0 Å². The zero-order chi connectivity index (χ0) is 22.5. The summed E-state index contributed by atoms with van der Waals surface area (Å²) >= 11 is 0. The molecule has 31 heavy (non-hydrogen) atoms. The first-order chi connectivity index (χ1) is 14.7. The van der Waals surface area contributed by atoms with Gasteiger partial charge in [-0.2, -0.15) is 0 Å². The van der Waals surface area contributed by atoms with E-state index in [2.05, 4.69) is 0 Å². The Balaban J connectivity index is 1.52. The maximum atomic E-state index is 14.9. The summed E-state index contributed by atoms with van der Waals surface area (Å²) in [4.78, 5) is 22.8. The highest BCUT2D eigenvalue weighted by molar-refractivity contribution is 5.74. The van der Waals surface area contributed by atoms with Gasteiger partial charge in [0.25, 0.3) is 0 Å². The fourth-order valence-corrected chi connectivity index (χ4v) is 4.65. The van der Waals surface area contributed by atoms with Crippen molar-refractivity contribution in [3.63, 3.8) is 0 Å². The number of hydrogen-bond acceptors (Lipinski definition) is 4. The van der Waals surface area contributed by atoms with Crippen LogP contribution < -0.4 is 0 Å². The lowest BCUT2D eigenvalue weighted by Gasteiger charge is -2.30. The standard InChI is InChI=1S/C24H31F3O4/c1-14(25)23(28)30-19-8-3-16(4-9-19)18-7-12-21(22(27)13-18)17-5-10-20(11-6-17)31-24(29)15(2)26/h7,12-17,19-20H,3-6,8-11H2,1-2H3/t14-,15-,16-,17-,19-,20-/m0/s1. The molecule has 0 unspecified atom stereocenters. The van der Waals surface area contributed by atoms with Gasteiger partial charge in [0.1, 0.15) is 18.0 Å². The van der Waals surface area contributed by atoms with Crippen LogP contribution in [-0.2, 0) is 19.1 Å². The van der Waals surface area contributed by atoms with Crippen LogP contribution in [0.5, 0.6) is 0 Å². The van der Waals surface area contributed by atoms with Crippen LogP contribution in [0.15, 0.2) is 18.2 Å². The zero-order valence-electron chi connectivity index (χ0n) is 18.1. The third kappa shape index (κ3) is 6.23. The molecule has 0 radical (unpaired) electrons. The number of halogens is 3. The van der Waals surface area contributed by atoms with E-state index in [4.69, 9.17) is 9.47 Å². The van der Waals surface area contributed by atoms with Gasteiger partial charge in [-0.3, -0.25) is 0 Å². The Morgan fingerprint density at radius 1 is 0.806 bits per heavy atom. The second kappa shape index (κ2) is 10.5. The molecule has 4 nitrogen and oxygen atoms in total. The molecule has 3 rings (SSSR count). The van der Waals surface area contributed by atoms with Gasteiger partial charge in [-0.1, -0.05) is 12.1 Å². The van der Waals surface area contributed by atoms with Gasteiger partial charge < -0.3 is 9.47 Å². The highest BCUT2D eigenvalue weighted by Crippen LogP contribution is 2.38. The van der Waals surface area contributed by atoms with Gasteiger partial charge >= 0.3 is 11.9 Å². The van der Waals surface area contributed by atoms with E-state index in [0.717, 1.165) is 25.3 Å². The number of benzene rings is 1. The van der Waals surface area contributed by atoms with E-state index in [1.165, 1.54) is 6.92 Å². The SMILES string of the molecule is C[C@H](F)C(=O)O[C@H]1CC[C@H](c2ccc([C@H]3CC[C@H](OC(=O)[C@H](C)F)CC3)c(F)c2)CC1. The number of carbonyl (C=O) groups is 2. The maximum Gasteiger partial charge on any atom is 0.340 e. The van der Waals surface area contributed by atoms with Crippen molar-refractivity contribution in [2.24, 2.45) is 0 Å². The zero-order valence-corrected chi connectivity index (χ0v) is 18.1. The van der Waals surface area contributed by atoms with E-state index >= 15 is 0 Å². The van der Waals surface area contributed by atoms with Crippen molar-refractivity contribution in [3.05, 3.63) is 35.1 Å². The Bertz CT molecular complexity index is 764. The third-order valence-corrected chi connectivity index (χ3v) is 6.50. The molecule has 172 valence electrons. The number of alkyl halides is 2. The third-order valence-electron chi connectivity index (χ3n) is 6.50. The highest BCUT2D eigenvalue weighted by Gasteiger charge is 2.30. The number of ether oxygens (including phenoxy) is 2. The summed E-state index contributed by atoms with van der Waals surface area (Å²) in [6, 6.07) is 5.42. The molecule has 7 heteroatoms. The number of hydrogen-bond donors (Lipinski definition) is 0. The van der Waals surface area contributed by atoms with Gasteiger partial charge in [0.15, 0.2) is 12.3 Å². The minimum atomic E-state index is -1.63. The lowest BCUT2D eigenvalue weighted by molar-refractivity contribution is -0.156. The molecule has 0 N–H and O–H groups in total. The molecule has 0 aromatic heterocycles. The molecule has 1 aromatic rings. The minimum Gasteiger partial charge on any atom is -0.460 e. The summed E-state index contributed by atoms with van der Waals surface area (Å²) in [7, 11) is 0. The predicted octanol–water partition coefficient (Wildman–Crippen LogP) is 5.68. The molecule has 0 saturated heterocycles. The minimum absolute atomic E-state index is 0.0599. The van der Waals surface area contributed by atoms with Crippen LogP contribution in [0.2, 0.25) is 0 Å². The van der Waals surface area contributed by atoms with E-state index < -0.39 is 24.3 Å². The highest BCUT2D eigenvalue weighted by atomic mass is 19.1. The van der Waals surface area contributed by atoms with Crippen LogP contribution in [0.25, 0.3) is 0 Å². The Morgan fingerprint density at radius 2 is 1.26 bits per heavy atom. The first-order valence-electron chi connectivity index (χ1n) is 11.2. The Morgan fingerprint density at radius 3 is 1.68 bits per heavy atom. The number of carbonyl (C=O) groups excluding carboxylic acids is 2. The molecular formula is C24H31F3O4. The van der Waals surface area contributed by atoms with Crippen molar-refractivity contribution < 1.29 is 32.2 Å². The van der Waals surface area contributed by atoms with Crippen LogP contribution in [0.4, 0.5) is 13.2 Å². The topological polar surface area (TPSA) is 52.6 Å². The first kappa shape index (κ1) is 23.6. The molecule has 1 aromatic carbocycles. The van der Waals surface area contributed by atoms with E-state index in [-0.39, 0.29) is 29.9 Å². The monoisotopic (exact) mass is 440 g/mol. The van der Waals surface area contributed by atoms with Crippen molar-refractivity contribution in [1.82, 2.24) is 0 Å². The van der Waals surface area contributed by atoms with Crippen molar-refractivity contribution in [2.75, 3.05) is 0 Å². The van der Waals surface area contributed by atoms with Crippen molar-refractivity contribution in [1.29, 1.82) is 0 Å². The summed E-state index contributed by atoms with van der Waals surface area (Å²) in [6.45, 7) is 2.33. The van der Waals surface area contributed by atoms with E-state index in [0.29, 0.717) is 44.1 Å². The Labute approximate surface area is 181 Å². The summed E-state index contributed by atoms with van der Waals surface area (Å²) in [6.07, 6.45) is 1.60. The van der Waals surface area contributed by atoms with Crippen molar-refractivity contribution in [2.45, 2.75) is 102 Å². The summed E-state index contributed by atoms with van der Waals surface area (Å²) in [5.41, 5.74) is 1.61. The van der Waals surface area contributed by atoms with Gasteiger partial charge in [0, 0.05) is 0 Å². The van der Waals surface area contributed by atoms with Gasteiger partial charge in [0.2, 0.25) is 0 Å². The van der Waals surface area contributed by atoms with Crippen LogP contribution in [0, 0.1) is 5.82 Å². The summed E-state index contributed by atoms with van der Waals surface area (Å²) < 4.78 is 51.2. The lowest BCUT2D eigenvalue weighted by atomic mass is 9.79. The quantitative estimate of drug-likeness (QED) is 0.534. The van der Waals surface area contributed by atoms with Gasteiger partial charge in [0.05, 0.1) is 0 Å². The maximum absolute atomic E-state index is 14.9. The van der Waals surface area contributed by atoms with Gasteiger partial charge in [-0.25, -0.2) is 22.8 Å². The molecule has 0 aliphatic heterocycles. The molecule has 0 spiro atoms. The molecule has 0 bridgehead atoms. The number of rotatable bonds is 6. The lowest BCUT2D eigenvalue weighted by Crippen LogP contribution is -2.27. The van der Waals surface area contributed by atoms with Crippen LogP contribution in [0.3, 0.4) is 0 Å². The average molecular weight is 441 g/mol. The number of esters is 2. The molecule has 2 saturated carbocycles. The molecule has 2 atom stereocenters. The normalized spacial score (nSPS) is 28.4. The Kier molecular flexibility index (Phi) is 8.00. The van der Waals surface area contributed by atoms with Crippen LogP contribution >= 0.6 is 0 Å². The van der Waals surface area contributed by atoms with E-state index in [9.17, 15) is 22.8 Å². The van der Waals surface area contributed by atoms with Crippen molar-refractivity contribution >= 4 is 11.9 Å². The molecule has 2 fully saturated rings. The average Bonchev–Trinajstić information content (AvgIpc) is 2.74. The molecule has 0 amide bonds. The smallest absolute Gasteiger partial charge is 0.340 e. The predicted molar refractivity (Wildman–Crippen MR) is 110 cm³/mol. The first-order valence-corrected chi connectivity index (χ1v) is 11.2. The molecule has 0 heterocycles. The fourth-order valence-electron chi connectivity index (χ4n) is 4.65. The summed E-state index contributed by atoms with van der Waals surface area (Å²) in [5.74, 6) is -1.62. The molecule has 2 aliphatic rings. The second-order valence-corrected chi connectivity index (χ2v) is 8.83. The largest absolute Gasteiger partial charge is 0.460 e. The second-order valence-electron chi connectivity index (χ2n) is 8.83. The van der Waals surface area contributed by atoms with Crippen LogP contribution in [-0.4, -0.2) is 36.5 Å². The van der Waals surface area contributed by atoms with E-state index in [1.54, 1.807) is 6.07 Å². The van der Waals surface area contributed by atoms with E-state index in [1.807, 2.05) is 12.1 Å². The molecular weight excluding hydrogens is 409 g/mol. The van der Waals surface area contributed by atoms with Gasteiger partial charge in [-0.05, 0) is 94.2 Å². The van der Waals surface area contributed by atoms with Gasteiger partial charge in [-0.15, -0.1) is 0 Å². The van der Waals surface area contributed by atoms with Crippen LogP contribution in [0.1, 0.15) is 88.2 Å². The summed E-state index contributed by atoms with van der Waals surface area (Å²) in [5, 5.41) is 0. The fraction of sp³-hybridized carbons (Fsp3) is 0.667. The molecule has 2 aliphatic carbocycles. The Hall–Kier alpha value is -2.05.